The van der Waals surface area contributed by atoms with Crippen molar-refractivity contribution in [2.75, 3.05) is 0 Å². The third kappa shape index (κ3) is 2.30. The summed E-state index contributed by atoms with van der Waals surface area (Å²) in [7, 11) is 0. The van der Waals surface area contributed by atoms with Gasteiger partial charge >= 0.3 is 0 Å². The second-order valence-electron chi connectivity index (χ2n) is 5.61. The highest BCUT2D eigenvalue weighted by molar-refractivity contribution is 6.02. The van der Waals surface area contributed by atoms with E-state index in [0.717, 1.165) is 39.6 Å². The number of carbonyl (C=O) groups excluding carboxylic acids is 1. The van der Waals surface area contributed by atoms with Gasteiger partial charge in [-0.2, -0.15) is 5.10 Å². The van der Waals surface area contributed by atoms with Crippen molar-refractivity contribution in [1.29, 1.82) is 0 Å². The molecule has 4 rings (SSSR count). The fourth-order valence-corrected chi connectivity index (χ4v) is 2.80. The van der Waals surface area contributed by atoms with E-state index in [1.54, 1.807) is 0 Å². The topological polar surface area (TPSA) is 74.4 Å². The van der Waals surface area contributed by atoms with Gasteiger partial charge in [-0.3, -0.25) is 9.89 Å². The number of nitrogens with zero attached hydrogens (tertiary/aromatic N) is 2. The van der Waals surface area contributed by atoms with Crippen molar-refractivity contribution in [1.82, 2.24) is 20.2 Å². The lowest BCUT2D eigenvalue weighted by Crippen LogP contribution is -1.97. The number of rotatable bonds is 4. The lowest BCUT2D eigenvalue weighted by atomic mass is 10.0. The van der Waals surface area contributed by atoms with Gasteiger partial charge in [0.2, 0.25) is 0 Å². The number of para-hydroxylation sites is 2. The van der Waals surface area contributed by atoms with Crippen LogP contribution in [0.3, 0.4) is 0 Å². The monoisotopic (exact) mass is 304 g/mol. The standard InChI is InChI=1S/C18H16N4O/c1-2-5-16(23)11-8-9-13-12(10-11)17(22-21-13)18-19-14-6-3-4-7-15(14)20-18/h3-4,6-10H,2,5H2,1H3,(H,19,20)(H,21,22). The first-order valence-corrected chi connectivity index (χ1v) is 7.72. The molecule has 0 unspecified atom stereocenters. The van der Waals surface area contributed by atoms with E-state index >= 15 is 0 Å². The lowest BCUT2D eigenvalue weighted by molar-refractivity contribution is 0.0982. The van der Waals surface area contributed by atoms with Gasteiger partial charge in [0.25, 0.3) is 0 Å². The maximum atomic E-state index is 12.1. The number of imidazole rings is 1. The minimum absolute atomic E-state index is 0.158. The molecule has 0 saturated heterocycles. The number of aromatic nitrogens is 4. The molecule has 23 heavy (non-hydrogen) atoms. The number of fused-ring (bicyclic) bond motifs is 2. The highest BCUT2D eigenvalue weighted by Crippen LogP contribution is 2.27. The summed E-state index contributed by atoms with van der Waals surface area (Å²) in [6.07, 6.45) is 1.40. The molecular formula is C18H16N4O. The molecule has 0 amide bonds. The van der Waals surface area contributed by atoms with Crippen molar-refractivity contribution in [3.63, 3.8) is 0 Å². The zero-order valence-corrected chi connectivity index (χ0v) is 12.8. The number of hydrogen-bond acceptors (Lipinski definition) is 3. The van der Waals surface area contributed by atoms with Crippen molar-refractivity contribution in [3.8, 4) is 11.5 Å². The van der Waals surface area contributed by atoms with Crippen LogP contribution in [0.4, 0.5) is 0 Å². The molecule has 0 radical (unpaired) electrons. The molecule has 2 aromatic carbocycles. The minimum Gasteiger partial charge on any atom is -0.337 e. The van der Waals surface area contributed by atoms with Crippen LogP contribution in [-0.4, -0.2) is 25.9 Å². The maximum Gasteiger partial charge on any atom is 0.162 e. The Kier molecular flexibility index (Phi) is 3.19. The van der Waals surface area contributed by atoms with Gasteiger partial charge < -0.3 is 4.98 Å². The number of Topliss-reactive ketones (excluding diaryl/α,β-unsaturated/α-hetero) is 1. The molecule has 4 aromatic rings. The summed E-state index contributed by atoms with van der Waals surface area (Å²) in [6.45, 7) is 2.01. The van der Waals surface area contributed by atoms with E-state index in [4.69, 9.17) is 0 Å². The molecule has 2 aromatic heterocycles. The number of H-pyrrole nitrogens is 2. The number of ketones is 1. The number of benzene rings is 2. The normalized spacial score (nSPS) is 11.3. The van der Waals surface area contributed by atoms with Crippen LogP contribution in [0.5, 0.6) is 0 Å². The van der Waals surface area contributed by atoms with E-state index in [0.29, 0.717) is 12.2 Å². The van der Waals surface area contributed by atoms with Crippen LogP contribution < -0.4 is 0 Å². The molecule has 0 spiro atoms. The minimum atomic E-state index is 0.158. The molecule has 0 aliphatic rings. The van der Waals surface area contributed by atoms with Gasteiger partial charge in [0.1, 0.15) is 5.69 Å². The third-order valence-electron chi connectivity index (χ3n) is 3.98. The van der Waals surface area contributed by atoms with E-state index in [2.05, 4.69) is 20.2 Å². The fraction of sp³-hybridized carbons (Fsp3) is 0.167. The first-order valence-electron chi connectivity index (χ1n) is 7.72. The van der Waals surface area contributed by atoms with Gasteiger partial charge in [-0.15, -0.1) is 0 Å². The van der Waals surface area contributed by atoms with E-state index in [9.17, 15) is 4.79 Å². The summed E-state index contributed by atoms with van der Waals surface area (Å²) in [5, 5.41) is 8.29. The first kappa shape index (κ1) is 13.7. The van der Waals surface area contributed by atoms with Gasteiger partial charge in [-0.25, -0.2) is 4.98 Å². The van der Waals surface area contributed by atoms with E-state index in [1.165, 1.54) is 0 Å². The SMILES string of the molecule is CCCC(=O)c1ccc2[nH]nc(-c3nc4ccccc4[nH]3)c2c1. The van der Waals surface area contributed by atoms with E-state index in [1.807, 2.05) is 49.4 Å². The van der Waals surface area contributed by atoms with Crippen LogP contribution in [-0.2, 0) is 0 Å². The molecule has 0 aliphatic carbocycles. The molecule has 114 valence electrons. The Labute approximate surface area is 132 Å². The van der Waals surface area contributed by atoms with Crippen molar-refractivity contribution in [2.45, 2.75) is 19.8 Å². The van der Waals surface area contributed by atoms with Crippen molar-refractivity contribution >= 4 is 27.7 Å². The molecule has 0 fully saturated rings. The smallest absolute Gasteiger partial charge is 0.162 e. The largest absolute Gasteiger partial charge is 0.337 e. The quantitative estimate of drug-likeness (QED) is 0.558. The molecule has 5 heteroatoms. The molecule has 0 aliphatic heterocycles. The van der Waals surface area contributed by atoms with Crippen molar-refractivity contribution in [2.24, 2.45) is 0 Å². The van der Waals surface area contributed by atoms with Gasteiger partial charge in [-0.1, -0.05) is 19.1 Å². The Morgan fingerprint density at radius 3 is 2.83 bits per heavy atom. The Balaban J connectivity index is 1.86. The fourth-order valence-electron chi connectivity index (χ4n) is 2.80. The zero-order chi connectivity index (χ0) is 15.8. The van der Waals surface area contributed by atoms with Crippen molar-refractivity contribution < 1.29 is 4.79 Å². The van der Waals surface area contributed by atoms with E-state index in [-0.39, 0.29) is 5.78 Å². The Morgan fingerprint density at radius 1 is 1.13 bits per heavy atom. The second kappa shape index (κ2) is 5.35. The predicted molar refractivity (Wildman–Crippen MR) is 90.4 cm³/mol. The van der Waals surface area contributed by atoms with Crippen LogP contribution in [0, 0.1) is 0 Å². The lowest BCUT2D eigenvalue weighted by Gasteiger charge is -2.00. The third-order valence-corrected chi connectivity index (χ3v) is 3.98. The van der Waals surface area contributed by atoms with Crippen LogP contribution in [0.15, 0.2) is 42.5 Å². The van der Waals surface area contributed by atoms with Crippen molar-refractivity contribution in [3.05, 3.63) is 48.0 Å². The number of hydrogen-bond donors (Lipinski definition) is 2. The number of aromatic amines is 2. The number of nitrogens with one attached hydrogen (secondary N) is 2. The van der Waals surface area contributed by atoms with Crippen LogP contribution in [0.25, 0.3) is 33.5 Å². The summed E-state index contributed by atoms with van der Waals surface area (Å²) >= 11 is 0. The van der Waals surface area contributed by atoms with Gasteiger partial charge in [-0.05, 0) is 36.8 Å². The average Bonchev–Trinajstić information content (AvgIpc) is 3.17. The molecule has 0 bridgehead atoms. The Hall–Kier alpha value is -2.95. The molecule has 2 heterocycles. The summed E-state index contributed by atoms with van der Waals surface area (Å²) in [4.78, 5) is 20.0. The van der Waals surface area contributed by atoms with Crippen LogP contribution >= 0.6 is 0 Å². The van der Waals surface area contributed by atoms with E-state index < -0.39 is 0 Å². The average molecular weight is 304 g/mol. The molecule has 5 nitrogen and oxygen atoms in total. The maximum absolute atomic E-state index is 12.1. The number of carbonyl (C=O) groups is 1. The second-order valence-corrected chi connectivity index (χ2v) is 5.61. The van der Waals surface area contributed by atoms with Gasteiger partial charge in [0, 0.05) is 17.4 Å². The van der Waals surface area contributed by atoms with Gasteiger partial charge in [0.05, 0.1) is 16.6 Å². The first-order chi connectivity index (χ1) is 11.3. The Bertz CT molecular complexity index is 979. The summed E-state index contributed by atoms with van der Waals surface area (Å²) in [5.41, 5.74) is 4.22. The molecule has 0 atom stereocenters. The molecule has 0 saturated carbocycles. The summed E-state index contributed by atoms with van der Waals surface area (Å²) < 4.78 is 0. The predicted octanol–water partition coefficient (Wildman–Crippen LogP) is 4.09. The zero-order valence-electron chi connectivity index (χ0n) is 12.8. The highest BCUT2D eigenvalue weighted by atomic mass is 16.1. The molecular weight excluding hydrogens is 288 g/mol. The van der Waals surface area contributed by atoms with Crippen LogP contribution in [0.1, 0.15) is 30.1 Å². The highest BCUT2D eigenvalue weighted by Gasteiger charge is 2.14. The molecule has 2 N–H and O–H groups in total. The summed E-state index contributed by atoms with van der Waals surface area (Å²) in [5.74, 6) is 0.865. The summed E-state index contributed by atoms with van der Waals surface area (Å²) in [6, 6.07) is 13.5. The van der Waals surface area contributed by atoms with Crippen LogP contribution in [0.2, 0.25) is 0 Å². The Morgan fingerprint density at radius 2 is 2.00 bits per heavy atom. The van der Waals surface area contributed by atoms with Gasteiger partial charge in [0.15, 0.2) is 11.6 Å².